The van der Waals surface area contributed by atoms with Crippen LogP contribution in [-0.2, 0) is 6.42 Å². The maximum absolute atomic E-state index is 12.6. The van der Waals surface area contributed by atoms with Gasteiger partial charge >= 0.3 is 0 Å². The number of fused-ring (bicyclic) bond motifs is 1. The van der Waals surface area contributed by atoms with Crippen LogP contribution >= 0.6 is 11.6 Å². The highest BCUT2D eigenvalue weighted by Crippen LogP contribution is 2.19. The molecule has 0 aliphatic heterocycles. The quantitative estimate of drug-likeness (QED) is 0.691. The fourth-order valence-corrected chi connectivity index (χ4v) is 2.65. The van der Waals surface area contributed by atoms with Crippen LogP contribution in [0.2, 0.25) is 5.02 Å². The van der Waals surface area contributed by atoms with E-state index in [1.54, 1.807) is 16.7 Å². The number of benzene rings is 2. The molecule has 0 amide bonds. The number of rotatable bonds is 2. The summed E-state index contributed by atoms with van der Waals surface area (Å²) >= 11 is 6.02. The van der Waals surface area contributed by atoms with Crippen LogP contribution in [0.15, 0.2) is 59.5 Å². The highest BCUT2D eigenvalue weighted by atomic mass is 35.5. The first-order valence-electron chi connectivity index (χ1n) is 6.60. The van der Waals surface area contributed by atoms with Crippen molar-refractivity contribution in [3.63, 3.8) is 0 Å². The number of halogens is 1. The van der Waals surface area contributed by atoms with Crippen LogP contribution in [0.5, 0.6) is 0 Å². The van der Waals surface area contributed by atoms with Gasteiger partial charge in [0.15, 0.2) is 0 Å². The summed E-state index contributed by atoms with van der Waals surface area (Å²) in [6, 6.07) is 15.1. The van der Waals surface area contributed by atoms with Crippen molar-refractivity contribution in [2.45, 2.75) is 13.3 Å². The van der Waals surface area contributed by atoms with Gasteiger partial charge in [-0.25, -0.2) is 0 Å². The Labute approximate surface area is 122 Å². The molecule has 3 rings (SSSR count). The Morgan fingerprint density at radius 3 is 2.50 bits per heavy atom. The minimum atomic E-state index is -0.0138. The van der Waals surface area contributed by atoms with E-state index in [9.17, 15) is 4.79 Å². The van der Waals surface area contributed by atoms with E-state index in [4.69, 9.17) is 11.6 Å². The van der Waals surface area contributed by atoms with Crippen molar-refractivity contribution in [2.24, 2.45) is 0 Å². The molecule has 100 valence electrons. The summed E-state index contributed by atoms with van der Waals surface area (Å²) in [6.07, 6.45) is 2.79. The van der Waals surface area contributed by atoms with Gasteiger partial charge in [0.25, 0.3) is 5.56 Å². The van der Waals surface area contributed by atoms with Crippen LogP contribution in [0.4, 0.5) is 0 Å². The van der Waals surface area contributed by atoms with Crippen molar-refractivity contribution in [1.29, 1.82) is 0 Å². The highest BCUT2D eigenvalue weighted by molar-refractivity contribution is 6.30. The molecular weight excluding hydrogens is 270 g/mol. The maximum atomic E-state index is 12.6. The lowest BCUT2D eigenvalue weighted by molar-refractivity contribution is 0.974. The van der Waals surface area contributed by atoms with Crippen molar-refractivity contribution >= 4 is 22.4 Å². The Balaban J connectivity index is 2.37. The first kappa shape index (κ1) is 12.9. The van der Waals surface area contributed by atoms with Crippen LogP contribution < -0.4 is 5.56 Å². The summed E-state index contributed by atoms with van der Waals surface area (Å²) in [5.74, 6) is 0. The SMILES string of the molecule is CCc1cn(-c2cccc(Cl)c2)c(=O)c2ccccc12. The van der Waals surface area contributed by atoms with E-state index in [0.29, 0.717) is 5.02 Å². The number of aryl methyl sites for hydroxylation is 1. The number of hydrogen-bond donors (Lipinski definition) is 0. The minimum Gasteiger partial charge on any atom is -0.283 e. The Hall–Kier alpha value is -2.06. The van der Waals surface area contributed by atoms with E-state index in [1.807, 2.05) is 42.6 Å². The van der Waals surface area contributed by atoms with E-state index < -0.39 is 0 Å². The smallest absolute Gasteiger partial charge is 0.262 e. The second-order valence-corrected chi connectivity index (χ2v) is 5.14. The lowest BCUT2D eigenvalue weighted by atomic mass is 10.1. The molecular formula is C17H14ClNO. The highest BCUT2D eigenvalue weighted by Gasteiger charge is 2.08. The summed E-state index contributed by atoms with van der Waals surface area (Å²) < 4.78 is 1.67. The Morgan fingerprint density at radius 2 is 1.80 bits per heavy atom. The van der Waals surface area contributed by atoms with Crippen LogP contribution in [0.1, 0.15) is 12.5 Å². The van der Waals surface area contributed by atoms with Gasteiger partial charge in [-0.2, -0.15) is 0 Å². The molecule has 0 aliphatic rings. The molecule has 1 heterocycles. The molecule has 2 aromatic carbocycles. The standard InChI is InChI=1S/C17H14ClNO/c1-2-12-11-19(14-7-5-6-13(18)10-14)17(20)16-9-4-3-8-15(12)16/h3-11H,2H2,1H3. The first-order valence-corrected chi connectivity index (χ1v) is 6.97. The zero-order valence-corrected chi connectivity index (χ0v) is 11.9. The summed E-state index contributed by atoms with van der Waals surface area (Å²) in [7, 11) is 0. The molecule has 0 aliphatic carbocycles. The molecule has 0 spiro atoms. The third kappa shape index (κ3) is 2.12. The van der Waals surface area contributed by atoms with E-state index in [-0.39, 0.29) is 5.56 Å². The van der Waals surface area contributed by atoms with Gasteiger partial charge in [-0.3, -0.25) is 9.36 Å². The van der Waals surface area contributed by atoms with Crippen LogP contribution in [-0.4, -0.2) is 4.57 Å². The van der Waals surface area contributed by atoms with Gasteiger partial charge in [-0.05, 0) is 41.6 Å². The zero-order valence-electron chi connectivity index (χ0n) is 11.1. The lowest BCUT2D eigenvalue weighted by Crippen LogP contribution is -2.19. The molecule has 0 saturated heterocycles. The van der Waals surface area contributed by atoms with Crippen molar-refractivity contribution in [1.82, 2.24) is 4.57 Å². The molecule has 20 heavy (non-hydrogen) atoms. The van der Waals surface area contributed by atoms with Gasteiger partial charge in [0.05, 0.1) is 5.69 Å². The molecule has 0 N–H and O–H groups in total. The average Bonchev–Trinajstić information content (AvgIpc) is 2.48. The number of nitrogens with zero attached hydrogens (tertiary/aromatic N) is 1. The number of aromatic nitrogens is 1. The molecule has 0 atom stereocenters. The van der Waals surface area contributed by atoms with Crippen molar-refractivity contribution in [3.8, 4) is 5.69 Å². The van der Waals surface area contributed by atoms with Crippen LogP contribution in [0.3, 0.4) is 0 Å². The lowest BCUT2D eigenvalue weighted by Gasteiger charge is -2.11. The predicted octanol–water partition coefficient (Wildman–Crippen LogP) is 4.21. The molecule has 0 fully saturated rings. The second-order valence-electron chi connectivity index (χ2n) is 4.71. The molecule has 3 heteroatoms. The maximum Gasteiger partial charge on any atom is 0.262 e. The van der Waals surface area contributed by atoms with E-state index in [1.165, 1.54) is 0 Å². The van der Waals surface area contributed by atoms with Crippen molar-refractivity contribution in [2.75, 3.05) is 0 Å². The first-order chi connectivity index (χ1) is 9.70. The van der Waals surface area contributed by atoms with Crippen LogP contribution in [0, 0.1) is 0 Å². The van der Waals surface area contributed by atoms with Crippen molar-refractivity contribution in [3.05, 3.63) is 75.7 Å². The molecule has 1 aromatic heterocycles. The normalized spacial score (nSPS) is 10.9. The third-order valence-electron chi connectivity index (χ3n) is 3.47. The monoisotopic (exact) mass is 283 g/mol. The van der Waals surface area contributed by atoms with E-state index in [2.05, 4.69) is 6.92 Å². The second kappa shape index (κ2) is 5.14. The molecule has 0 unspecified atom stereocenters. The Kier molecular flexibility index (Phi) is 3.33. The van der Waals surface area contributed by atoms with Gasteiger partial charge in [0.1, 0.15) is 0 Å². The summed E-state index contributed by atoms with van der Waals surface area (Å²) in [5.41, 5.74) is 1.93. The van der Waals surface area contributed by atoms with Gasteiger partial charge < -0.3 is 0 Å². The Morgan fingerprint density at radius 1 is 1.05 bits per heavy atom. The Bertz CT molecular complexity index is 836. The van der Waals surface area contributed by atoms with Gasteiger partial charge in [-0.1, -0.05) is 42.8 Å². The third-order valence-corrected chi connectivity index (χ3v) is 3.71. The minimum absolute atomic E-state index is 0.0138. The van der Waals surface area contributed by atoms with Crippen LogP contribution in [0.25, 0.3) is 16.5 Å². The largest absolute Gasteiger partial charge is 0.283 e. The average molecular weight is 284 g/mol. The van der Waals surface area contributed by atoms with E-state index >= 15 is 0 Å². The molecule has 3 aromatic rings. The predicted molar refractivity (Wildman–Crippen MR) is 83.9 cm³/mol. The van der Waals surface area contributed by atoms with Gasteiger partial charge in [-0.15, -0.1) is 0 Å². The summed E-state index contributed by atoms with van der Waals surface area (Å²) in [4.78, 5) is 12.6. The molecule has 0 radical (unpaired) electrons. The summed E-state index contributed by atoms with van der Waals surface area (Å²) in [6.45, 7) is 2.09. The molecule has 0 bridgehead atoms. The summed E-state index contributed by atoms with van der Waals surface area (Å²) in [5, 5.41) is 2.39. The van der Waals surface area contributed by atoms with Crippen molar-refractivity contribution < 1.29 is 0 Å². The topological polar surface area (TPSA) is 22.0 Å². The number of pyridine rings is 1. The fourth-order valence-electron chi connectivity index (χ4n) is 2.46. The fraction of sp³-hybridized carbons (Fsp3) is 0.118. The molecule has 2 nitrogen and oxygen atoms in total. The molecule has 0 saturated carbocycles. The zero-order chi connectivity index (χ0) is 14.1. The number of hydrogen-bond acceptors (Lipinski definition) is 1. The van der Waals surface area contributed by atoms with E-state index in [0.717, 1.165) is 28.4 Å². The van der Waals surface area contributed by atoms with Gasteiger partial charge in [0.2, 0.25) is 0 Å². The van der Waals surface area contributed by atoms with Gasteiger partial charge in [0, 0.05) is 16.6 Å².